The standard InChI is InChI=1S/C9H8BrN.C2H6/c1-7(6-11)8-2-4-9(10)5-3-8;1-2/h2-5,7H,1H3;1-2H3. The van der Waals surface area contributed by atoms with Gasteiger partial charge in [0.1, 0.15) is 0 Å². The molecule has 0 spiro atoms. The Morgan fingerprint density at radius 1 is 1.23 bits per heavy atom. The lowest BCUT2D eigenvalue weighted by Gasteiger charge is -2.00. The highest BCUT2D eigenvalue weighted by atomic mass is 79.9. The number of halogens is 1. The zero-order valence-corrected chi connectivity index (χ0v) is 9.80. The van der Waals surface area contributed by atoms with Crippen molar-refractivity contribution in [2.24, 2.45) is 0 Å². The van der Waals surface area contributed by atoms with Crippen LogP contribution in [0.2, 0.25) is 0 Å². The molecule has 0 aliphatic rings. The minimum absolute atomic E-state index is 0.0110. The van der Waals surface area contributed by atoms with Crippen LogP contribution in [0.25, 0.3) is 0 Å². The van der Waals surface area contributed by atoms with Crippen molar-refractivity contribution in [1.29, 1.82) is 5.26 Å². The second-order valence-corrected chi connectivity index (χ2v) is 3.32. The number of hydrogen-bond acceptors (Lipinski definition) is 1. The fraction of sp³-hybridized carbons (Fsp3) is 0.364. The molecular weight excluding hydrogens is 226 g/mol. The molecule has 0 fully saturated rings. The summed E-state index contributed by atoms with van der Waals surface area (Å²) in [5.74, 6) is -0.0110. The molecule has 1 aromatic carbocycles. The van der Waals surface area contributed by atoms with Crippen LogP contribution in [-0.4, -0.2) is 0 Å². The first-order valence-electron chi connectivity index (χ1n) is 4.39. The van der Waals surface area contributed by atoms with Gasteiger partial charge in [0, 0.05) is 4.47 Å². The summed E-state index contributed by atoms with van der Waals surface area (Å²) in [5.41, 5.74) is 1.07. The third kappa shape index (κ3) is 4.10. The molecule has 0 amide bonds. The number of hydrogen-bond donors (Lipinski definition) is 0. The summed E-state index contributed by atoms with van der Waals surface area (Å²) >= 11 is 3.33. The molecule has 2 heteroatoms. The molecule has 1 aromatic rings. The van der Waals surface area contributed by atoms with Gasteiger partial charge in [-0.25, -0.2) is 0 Å². The molecule has 0 bridgehead atoms. The van der Waals surface area contributed by atoms with E-state index in [-0.39, 0.29) is 5.92 Å². The summed E-state index contributed by atoms with van der Waals surface area (Å²) in [5, 5.41) is 8.60. The second kappa shape index (κ2) is 6.68. The predicted octanol–water partition coefficient (Wildman–Crippen LogP) is 4.10. The van der Waals surface area contributed by atoms with Gasteiger partial charge in [0.25, 0.3) is 0 Å². The van der Waals surface area contributed by atoms with Crippen molar-refractivity contribution in [1.82, 2.24) is 0 Å². The quantitative estimate of drug-likeness (QED) is 0.724. The summed E-state index contributed by atoms with van der Waals surface area (Å²) in [6.07, 6.45) is 0. The molecule has 0 aliphatic heterocycles. The molecule has 0 aromatic heterocycles. The van der Waals surface area contributed by atoms with Crippen molar-refractivity contribution in [2.75, 3.05) is 0 Å². The highest BCUT2D eigenvalue weighted by Gasteiger charge is 2.01. The first-order chi connectivity index (χ1) is 6.24. The molecule has 0 heterocycles. The molecule has 1 rings (SSSR count). The zero-order chi connectivity index (χ0) is 10.3. The largest absolute Gasteiger partial charge is 0.198 e. The van der Waals surface area contributed by atoms with E-state index in [2.05, 4.69) is 22.0 Å². The molecule has 0 radical (unpaired) electrons. The van der Waals surface area contributed by atoms with Crippen LogP contribution in [0.5, 0.6) is 0 Å². The summed E-state index contributed by atoms with van der Waals surface area (Å²) in [6, 6.07) is 9.99. The van der Waals surface area contributed by atoms with Gasteiger partial charge in [-0.15, -0.1) is 0 Å². The van der Waals surface area contributed by atoms with Crippen LogP contribution in [0.15, 0.2) is 28.7 Å². The zero-order valence-electron chi connectivity index (χ0n) is 8.21. The van der Waals surface area contributed by atoms with Crippen molar-refractivity contribution >= 4 is 15.9 Å². The first-order valence-corrected chi connectivity index (χ1v) is 5.18. The molecule has 0 N–H and O–H groups in total. The summed E-state index contributed by atoms with van der Waals surface area (Å²) in [7, 11) is 0. The average Bonchev–Trinajstić information content (AvgIpc) is 2.21. The lowest BCUT2D eigenvalue weighted by Crippen LogP contribution is -1.87. The molecule has 1 nitrogen and oxygen atoms in total. The smallest absolute Gasteiger partial charge is 0.0700 e. The maximum atomic E-state index is 8.60. The molecule has 1 atom stereocenters. The molecule has 0 saturated carbocycles. The Morgan fingerprint density at radius 2 is 1.69 bits per heavy atom. The number of nitriles is 1. The maximum Gasteiger partial charge on any atom is 0.0700 e. The van der Waals surface area contributed by atoms with Gasteiger partial charge in [-0.1, -0.05) is 41.9 Å². The van der Waals surface area contributed by atoms with Crippen LogP contribution in [0.3, 0.4) is 0 Å². The summed E-state index contributed by atoms with van der Waals surface area (Å²) in [4.78, 5) is 0. The van der Waals surface area contributed by atoms with Crippen molar-refractivity contribution < 1.29 is 0 Å². The van der Waals surface area contributed by atoms with Gasteiger partial charge >= 0.3 is 0 Å². The van der Waals surface area contributed by atoms with Crippen molar-refractivity contribution in [3.8, 4) is 6.07 Å². The van der Waals surface area contributed by atoms with Crippen LogP contribution in [0.1, 0.15) is 32.3 Å². The molecule has 1 unspecified atom stereocenters. The normalized spacial score (nSPS) is 10.7. The van der Waals surface area contributed by atoms with Gasteiger partial charge in [-0.05, 0) is 24.6 Å². The molecule has 13 heavy (non-hydrogen) atoms. The van der Waals surface area contributed by atoms with Crippen molar-refractivity contribution in [3.05, 3.63) is 34.3 Å². The van der Waals surface area contributed by atoms with Gasteiger partial charge in [0.15, 0.2) is 0 Å². The van der Waals surface area contributed by atoms with E-state index in [9.17, 15) is 0 Å². The minimum Gasteiger partial charge on any atom is -0.198 e. The van der Waals surface area contributed by atoms with E-state index < -0.39 is 0 Å². The lowest BCUT2D eigenvalue weighted by molar-refractivity contribution is 0.981. The maximum absolute atomic E-state index is 8.60. The Hall–Kier alpha value is -0.810. The third-order valence-electron chi connectivity index (χ3n) is 1.56. The topological polar surface area (TPSA) is 23.8 Å². The molecule has 0 aliphatic carbocycles. The van der Waals surface area contributed by atoms with Crippen molar-refractivity contribution in [2.45, 2.75) is 26.7 Å². The third-order valence-corrected chi connectivity index (χ3v) is 2.09. The van der Waals surface area contributed by atoms with Crippen molar-refractivity contribution in [3.63, 3.8) is 0 Å². The average molecular weight is 240 g/mol. The van der Waals surface area contributed by atoms with E-state index in [1.165, 1.54) is 0 Å². The summed E-state index contributed by atoms with van der Waals surface area (Å²) < 4.78 is 1.05. The lowest BCUT2D eigenvalue weighted by atomic mass is 10.0. The second-order valence-electron chi connectivity index (χ2n) is 2.40. The van der Waals surface area contributed by atoms with Gasteiger partial charge < -0.3 is 0 Å². The number of nitrogens with zero attached hydrogens (tertiary/aromatic N) is 1. The van der Waals surface area contributed by atoms with Crippen LogP contribution in [0.4, 0.5) is 0 Å². The van der Waals surface area contributed by atoms with Gasteiger partial charge in [0.2, 0.25) is 0 Å². The van der Waals surface area contributed by atoms with Crippen LogP contribution < -0.4 is 0 Å². The van der Waals surface area contributed by atoms with Gasteiger partial charge in [0.05, 0.1) is 12.0 Å². The monoisotopic (exact) mass is 239 g/mol. The van der Waals surface area contributed by atoms with E-state index in [0.29, 0.717) is 0 Å². The van der Waals surface area contributed by atoms with Gasteiger partial charge in [-0.2, -0.15) is 5.26 Å². The Bertz CT molecular complexity index is 271. The highest BCUT2D eigenvalue weighted by Crippen LogP contribution is 2.17. The minimum atomic E-state index is -0.0110. The van der Waals surface area contributed by atoms with E-state index in [0.717, 1.165) is 10.0 Å². The van der Waals surface area contributed by atoms with Crippen LogP contribution in [0, 0.1) is 11.3 Å². The summed E-state index contributed by atoms with van der Waals surface area (Å²) in [6.45, 7) is 5.89. The SMILES string of the molecule is CC.CC(C#N)c1ccc(Br)cc1. The van der Waals surface area contributed by atoms with E-state index in [4.69, 9.17) is 5.26 Å². The van der Waals surface area contributed by atoms with E-state index in [1.54, 1.807) is 0 Å². The van der Waals surface area contributed by atoms with Crippen LogP contribution in [-0.2, 0) is 0 Å². The van der Waals surface area contributed by atoms with Crippen LogP contribution >= 0.6 is 15.9 Å². The number of benzene rings is 1. The number of rotatable bonds is 1. The fourth-order valence-electron chi connectivity index (χ4n) is 0.826. The first kappa shape index (κ1) is 12.2. The van der Waals surface area contributed by atoms with E-state index in [1.807, 2.05) is 45.0 Å². The predicted molar refractivity (Wildman–Crippen MR) is 59.5 cm³/mol. The fourth-order valence-corrected chi connectivity index (χ4v) is 1.09. The Morgan fingerprint density at radius 3 is 2.08 bits per heavy atom. The highest BCUT2D eigenvalue weighted by molar-refractivity contribution is 9.10. The molecular formula is C11H14BrN. The Labute approximate surface area is 88.5 Å². The molecule has 70 valence electrons. The Balaban J connectivity index is 0.000000671. The Kier molecular flexibility index (Phi) is 6.26. The van der Waals surface area contributed by atoms with Gasteiger partial charge in [-0.3, -0.25) is 0 Å². The molecule has 0 saturated heterocycles. The van der Waals surface area contributed by atoms with E-state index >= 15 is 0 Å².